The first-order valence-electron chi connectivity index (χ1n) is 5.55. The lowest BCUT2D eigenvalue weighted by Crippen LogP contribution is -2.28. The fourth-order valence-electron chi connectivity index (χ4n) is 1.86. The third-order valence-electron chi connectivity index (χ3n) is 2.61. The van der Waals surface area contributed by atoms with Gasteiger partial charge in [0.05, 0.1) is 17.5 Å². The Labute approximate surface area is 114 Å². The summed E-state index contributed by atoms with van der Waals surface area (Å²) < 4.78 is 10.4. The van der Waals surface area contributed by atoms with E-state index < -0.39 is 12.0 Å². The van der Waals surface area contributed by atoms with E-state index in [2.05, 4.69) is 5.32 Å². The lowest BCUT2D eigenvalue weighted by Gasteiger charge is -2.17. The number of carbonyl (C=O) groups excluding carboxylic acids is 1. The zero-order chi connectivity index (χ0) is 14.0. The molecule has 1 aliphatic heterocycles. The smallest absolute Gasteiger partial charge is 0.305 e. The first kappa shape index (κ1) is 13.5. The van der Waals surface area contributed by atoms with E-state index in [1.807, 2.05) is 0 Å². The van der Waals surface area contributed by atoms with E-state index in [9.17, 15) is 9.59 Å². The molecule has 1 aromatic rings. The summed E-state index contributed by atoms with van der Waals surface area (Å²) in [6.07, 6.45) is -0.241. The second-order valence-corrected chi connectivity index (χ2v) is 4.49. The van der Waals surface area contributed by atoms with Crippen LogP contribution < -0.4 is 14.8 Å². The molecule has 6 nitrogen and oxygen atoms in total. The number of carboxylic acids is 1. The average molecular weight is 286 g/mol. The number of ether oxygens (including phenoxy) is 2. The number of carbonyl (C=O) groups is 2. The van der Waals surface area contributed by atoms with Gasteiger partial charge in [-0.05, 0) is 17.7 Å². The lowest BCUT2D eigenvalue weighted by molar-refractivity contribution is -0.137. The van der Waals surface area contributed by atoms with Crippen LogP contribution >= 0.6 is 11.6 Å². The Morgan fingerprint density at radius 2 is 2.21 bits per heavy atom. The van der Waals surface area contributed by atoms with Crippen molar-refractivity contribution in [2.24, 2.45) is 0 Å². The third kappa shape index (κ3) is 3.08. The van der Waals surface area contributed by atoms with Gasteiger partial charge in [-0.15, -0.1) is 0 Å². The lowest BCUT2D eigenvalue weighted by atomic mass is 10.0. The van der Waals surface area contributed by atoms with E-state index in [1.165, 1.54) is 6.92 Å². The minimum absolute atomic E-state index is 0.0717. The van der Waals surface area contributed by atoms with Gasteiger partial charge in [-0.2, -0.15) is 0 Å². The van der Waals surface area contributed by atoms with Crippen molar-refractivity contribution < 1.29 is 24.2 Å². The van der Waals surface area contributed by atoms with E-state index in [0.29, 0.717) is 22.1 Å². The molecular formula is C12H12ClNO5. The fourth-order valence-corrected chi connectivity index (χ4v) is 2.13. The Morgan fingerprint density at radius 1 is 1.47 bits per heavy atom. The standard InChI is InChI=1S/C12H12ClNO5/c1-6(15)14-9(4-11(16)17)7-2-8(13)12-10(3-7)18-5-19-12/h2-3,9H,4-5H2,1H3,(H,14,15)(H,16,17). The highest BCUT2D eigenvalue weighted by Crippen LogP contribution is 2.41. The molecule has 0 bridgehead atoms. The molecular weight excluding hydrogens is 274 g/mol. The van der Waals surface area contributed by atoms with Gasteiger partial charge in [0.15, 0.2) is 11.5 Å². The van der Waals surface area contributed by atoms with Gasteiger partial charge >= 0.3 is 5.97 Å². The van der Waals surface area contributed by atoms with E-state index in [-0.39, 0.29) is 19.1 Å². The van der Waals surface area contributed by atoms with Crippen LogP contribution in [0, 0.1) is 0 Å². The maximum Gasteiger partial charge on any atom is 0.305 e. The maximum atomic E-state index is 11.1. The molecule has 2 rings (SSSR count). The second-order valence-electron chi connectivity index (χ2n) is 4.09. The highest BCUT2D eigenvalue weighted by atomic mass is 35.5. The molecule has 0 radical (unpaired) electrons. The molecule has 0 aromatic heterocycles. The topological polar surface area (TPSA) is 84.9 Å². The Balaban J connectivity index is 2.33. The van der Waals surface area contributed by atoms with Gasteiger partial charge in [0.1, 0.15) is 0 Å². The number of nitrogens with one attached hydrogen (secondary N) is 1. The van der Waals surface area contributed by atoms with Crippen LogP contribution in [-0.4, -0.2) is 23.8 Å². The third-order valence-corrected chi connectivity index (χ3v) is 2.89. The largest absolute Gasteiger partial charge is 0.481 e. The molecule has 7 heteroatoms. The summed E-state index contributed by atoms with van der Waals surface area (Å²) in [6.45, 7) is 1.39. The van der Waals surface area contributed by atoms with Crippen LogP contribution in [0.4, 0.5) is 0 Å². The van der Waals surface area contributed by atoms with Crippen molar-refractivity contribution in [2.75, 3.05) is 6.79 Å². The van der Waals surface area contributed by atoms with Gasteiger partial charge in [0.25, 0.3) is 0 Å². The van der Waals surface area contributed by atoms with Gasteiger partial charge in [0, 0.05) is 6.92 Å². The number of halogens is 1. The SMILES string of the molecule is CC(=O)NC(CC(=O)O)c1cc(Cl)c2c(c1)OCO2. The molecule has 1 aliphatic rings. The molecule has 1 unspecified atom stereocenters. The molecule has 19 heavy (non-hydrogen) atoms. The minimum atomic E-state index is -1.02. The number of aliphatic carboxylic acids is 1. The molecule has 0 saturated heterocycles. The minimum Gasteiger partial charge on any atom is -0.481 e. The predicted octanol–water partition coefficient (Wildman–Crippen LogP) is 1.72. The van der Waals surface area contributed by atoms with Crippen molar-refractivity contribution in [1.82, 2.24) is 5.32 Å². The maximum absolute atomic E-state index is 11.1. The summed E-state index contributed by atoms with van der Waals surface area (Å²) in [5, 5.41) is 11.8. The van der Waals surface area contributed by atoms with Gasteiger partial charge in [-0.25, -0.2) is 0 Å². The zero-order valence-electron chi connectivity index (χ0n) is 10.1. The van der Waals surface area contributed by atoms with E-state index in [1.54, 1.807) is 12.1 Å². The van der Waals surface area contributed by atoms with Crippen LogP contribution in [0.2, 0.25) is 5.02 Å². The molecule has 0 saturated carbocycles. The predicted molar refractivity (Wildman–Crippen MR) is 66.4 cm³/mol. The number of rotatable bonds is 4. The van der Waals surface area contributed by atoms with E-state index in [4.69, 9.17) is 26.2 Å². The molecule has 1 heterocycles. The number of benzene rings is 1. The average Bonchev–Trinajstić information content (AvgIpc) is 2.75. The molecule has 102 valence electrons. The van der Waals surface area contributed by atoms with Crippen LogP contribution in [0.1, 0.15) is 24.9 Å². The summed E-state index contributed by atoms with van der Waals surface area (Å²) in [7, 11) is 0. The summed E-state index contributed by atoms with van der Waals surface area (Å²) in [5.41, 5.74) is 0.562. The van der Waals surface area contributed by atoms with Crippen LogP contribution in [0.15, 0.2) is 12.1 Å². The molecule has 1 aromatic carbocycles. The molecule has 0 aliphatic carbocycles. The Hall–Kier alpha value is -1.95. The Bertz CT molecular complexity index is 515. The fraction of sp³-hybridized carbons (Fsp3) is 0.333. The molecule has 0 fully saturated rings. The summed E-state index contributed by atoms with van der Waals surface area (Å²) in [4.78, 5) is 22.0. The first-order valence-corrected chi connectivity index (χ1v) is 5.93. The second kappa shape index (κ2) is 5.36. The number of carboxylic acid groups (broad SMARTS) is 1. The number of hydrogen-bond donors (Lipinski definition) is 2. The molecule has 2 N–H and O–H groups in total. The highest BCUT2D eigenvalue weighted by molar-refractivity contribution is 6.32. The summed E-state index contributed by atoms with van der Waals surface area (Å²) >= 11 is 6.03. The highest BCUT2D eigenvalue weighted by Gasteiger charge is 2.23. The molecule has 1 atom stereocenters. The molecule has 1 amide bonds. The summed E-state index contributed by atoms with van der Waals surface area (Å²) in [6, 6.07) is 2.53. The summed E-state index contributed by atoms with van der Waals surface area (Å²) in [5.74, 6) is -0.460. The Kier molecular flexibility index (Phi) is 3.80. The van der Waals surface area contributed by atoms with Crippen LogP contribution in [0.25, 0.3) is 0 Å². The van der Waals surface area contributed by atoms with Crippen LogP contribution in [0.5, 0.6) is 11.5 Å². The number of fused-ring (bicyclic) bond motifs is 1. The van der Waals surface area contributed by atoms with Crippen molar-refractivity contribution in [3.63, 3.8) is 0 Å². The van der Waals surface area contributed by atoms with Crippen LogP contribution in [-0.2, 0) is 9.59 Å². The van der Waals surface area contributed by atoms with Crippen molar-refractivity contribution >= 4 is 23.5 Å². The number of amides is 1. The van der Waals surface area contributed by atoms with E-state index in [0.717, 1.165) is 0 Å². The zero-order valence-corrected chi connectivity index (χ0v) is 10.9. The van der Waals surface area contributed by atoms with Crippen molar-refractivity contribution in [3.8, 4) is 11.5 Å². The van der Waals surface area contributed by atoms with Crippen molar-refractivity contribution in [1.29, 1.82) is 0 Å². The van der Waals surface area contributed by atoms with Gasteiger partial charge in [-0.1, -0.05) is 11.6 Å². The van der Waals surface area contributed by atoms with Gasteiger partial charge in [0.2, 0.25) is 12.7 Å². The van der Waals surface area contributed by atoms with Gasteiger partial charge < -0.3 is 19.9 Å². The normalized spacial score (nSPS) is 14.0. The number of hydrogen-bond acceptors (Lipinski definition) is 4. The van der Waals surface area contributed by atoms with Crippen molar-refractivity contribution in [3.05, 3.63) is 22.7 Å². The quantitative estimate of drug-likeness (QED) is 0.880. The Morgan fingerprint density at radius 3 is 2.84 bits per heavy atom. The monoisotopic (exact) mass is 285 g/mol. The van der Waals surface area contributed by atoms with E-state index >= 15 is 0 Å². The van der Waals surface area contributed by atoms with Crippen molar-refractivity contribution in [2.45, 2.75) is 19.4 Å². The van der Waals surface area contributed by atoms with Crippen LogP contribution in [0.3, 0.4) is 0 Å². The van der Waals surface area contributed by atoms with Gasteiger partial charge in [-0.3, -0.25) is 9.59 Å². The molecule has 0 spiro atoms. The first-order chi connectivity index (χ1) is 8.97.